The zero-order valence-electron chi connectivity index (χ0n) is 6.41. The van der Waals surface area contributed by atoms with Gasteiger partial charge >= 0.3 is 0 Å². The van der Waals surface area contributed by atoms with Crippen LogP contribution in [0.15, 0.2) is 0 Å². The van der Waals surface area contributed by atoms with Crippen molar-refractivity contribution in [3.8, 4) is 0 Å². The van der Waals surface area contributed by atoms with E-state index < -0.39 is 5.91 Å². The Kier molecular flexibility index (Phi) is 3.32. The standard InChI is InChI=1S/C7H13NO3/c8-7(9)5-10-4-6-2-1-3-11-6/h6H,1-5H2,(H2,8,9)/t6-/m0/s1. The average molecular weight is 159 g/mol. The van der Waals surface area contributed by atoms with E-state index in [-0.39, 0.29) is 12.7 Å². The molecule has 4 nitrogen and oxygen atoms in total. The number of hydrogen-bond donors (Lipinski definition) is 1. The van der Waals surface area contributed by atoms with E-state index in [1.165, 1.54) is 0 Å². The SMILES string of the molecule is NC(=O)COC[C@@H]1CCCO1. The molecule has 1 rings (SSSR count). The first-order valence-corrected chi connectivity index (χ1v) is 3.76. The quantitative estimate of drug-likeness (QED) is 0.610. The number of rotatable bonds is 4. The van der Waals surface area contributed by atoms with Crippen LogP contribution in [-0.2, 0) is 14.3 Å². The lowest BCUT2D eigenvalue weighted by atomic mass is 10.2. The maximum atomic E-state index is 10.2. The van der Waals surface area contributed by atoms with Gasteiger partial charge < -0.3 is 15.2 Å². The summed E-state index contributed by atoms with van der Waals surface area (Å²) >= 11 is 0. The molecule has 0 unspecified atom stereocenters. The van der Waals surface area contributed by atoms with Crippen molar-refractivity contribution in [3.63, 3.8) is 0 Å². The van der Waals surface area contributed by atoms with Crippen LogP contribution < -0.4 is 5.73 Å². The van der Waals surface area contributed by atoms with Gasteiger partial charge in [0.05, 0.1) is 12.7 Å². The van der Waals surface area contributed by atoms with E-state index in [1.807, 2.05) is 0 Å². The Labute approximate surface area is 65.7 Å². The van der Waals surface area contributed by atoms with Crippen LogP contribution in [0.1, 0.15) is 12.8 Å². The van der Waals surface area contributed by atoms with E-state index in [9.17, 15) is 4.79 Å². The summed E-state index contributed by atoms with van der Waals surface area (Å²) in [6.07, 6.45) is 2.29. The Hall–Kier alpha value is -0.610. The third kappa shape index (κ3) is 3.34. The molecule has 11 heavy (non-hydrogen) atoms. The molecule has 0 bridgehead atoms. The summed E-state index contributed by atoms with van der Waals surface area (Å²) in [5, 5.41) is 0. The van der Waals surface area contributed by atoms with E-state index in [0.717, 1.165) is 19.4 Å². The van der Waals surface area contributed by atoms with Crippen molar-refractivity contribution >= 4 is 5.91 Å². The second-order valence-electron chi connectivity index (χ2n) is 2.62. The van der Waals surface area contributed by atoms with Gasteiger partial charge in [-0.25, -0.2) is 0 Å². The lowest BCUT2D eigenvalue weighted by Crippen LogP contribution is -2.22. The van der Waals surface area contributed by atoms with Crippen LogP contribution in [0, 0.1) is 0 Å². The van der Waals surface area contributed by atoms with E-state index >= 15 is 0 Å². The molecule has 0 aromatic rings. The normalized spacial score (nSPS) is 23.8. The van der Waals surface area contributed by atoms with Gasteiger partial charge in [0.1, 0.15) is 6.61 Å². The molecule has 1 aliphatic heterocycles. The number of carbonyl (C=O) groups is 1. The van der Waals surface area contributed by atoms with Crippen molar-refractivity contribution in [2.45, 2.75) is 18.9 Å². The van der Waals surface area contributed by atoms with Crippen LogP contribution in [0.3, 0.4) is 0 Å². The summed E-state index contributed by atoms with van der Waals surface area (Å²) < 4.78 is 10.2. The highest BCUT2D eigenvalue weighted by molar-refractivity contribution is 5.74. The highest BCUT2D eigenvalue weighted by Crippen LogP contribution is 2.11. The third-order valence-electron chi connectivity index (χ3n) is 1.57. The summed E-state index contributed by atoms with van der Waals surface area (Å²) in [5.74, 6) is -0.428. The number of ether oxygens (including phenoxy) is 2. The van der Waals surface area contributed by atoms with E-state index in [0.29, 0.717) is 6.61 Å². The first kappa shape index (κ1) is 8.49. The molecule has 0 aliphatic carbocycles. The zero-order valence-corrected chi connectivity index (χ0v) is 6.41. The van der Waals surface area contributed by atoms with Crippen LogP contribution in [-0.4, -0.2) is 31.8 Å². The Morgan fingerprint density at radius 1 is 1.73 bits per heavy atom. The molecule has 1 amide bonds. The van der Waals surface area contributed by atoms with Crippen LogP contribution in [0.25, 0.3) is 0 Å². The van der Waals surface area contributed by atoms with Crippen molar-refractivity contribution in [1.29, 1.82) is 0 Å². The van der Waals surface area contributed by atoms with E-state index in [2.05, 4.69) is 0 Å². The molecule has 1 heterocycles. The second kappa shape index (κ2) is 4.31. The van der Waals surface area contributed by atoms with Crippen LogP contribution in [0.4, 0.5) is 0 Å². The number of carbonyl (C=O) groups excluding carboxylic acids is 1. The van der Waals surface area contributed by atoms with Gasteiger partial charge in [-0.2, -0.15) is 0 Å². The number of primary amides is 1. The Morgan fingerprint density at radius 3 is 3.09 bits per heavy atom. The zero-order chi connectivity index (χ0) is 8.10. The molecule has 64 valence electrons. The maximum Gasteiger partial charge on any atom is 0.243 e. The van der Waals surface area contributed by atoms with Gasteiger partial charge in [-0.1, -0.05) is 0 Å². The van der Waals surface area contributed by atoms with Gasteiger partial charge in [-0.05, 0) is 12.8 Å². The smallest absolute Gasteiger partial charge is 0.243 e. The first-order chi connectivity index (χ1) is 5.29. The van der Waals surface area contributed by atoms with Gasteiger partial charge in [0.2, 0.25) is 5.91 Å². The molecular formula is C7H13NO3. The monoisotopic (exact) mass is 159 g/mol. The Bertz CT molecular complexity index is 132. The molecule has 0 aromatic carbocycles. The van der Waals surface area contributed by atoms with Gasteiger partial charge in [0.15, 0.2) is 0 Å². The van der Waals surface area contributed by atoms with E-state index in [1.54, 1.807) is 0 Å². The summed E-state index contributed by atoms with van der Waals surface area (Å²) in [7, 11) is 0. The predicted molar refractivity (Wildman–Crippen MR) is 39.0 cm³/mol. The fourth-order valence-corrected chi connectivity index (χ4v) is 1.07. The lowest BCUT2D eigenvalue weighted by Gasteiger charge is -2.07. The van der Waals surface area contributed by atoms with E-state index in [4.69, 9.17) is 15.2 Å². The highest BCUT2D eigenvalue weighted by atomic mass is 16.5. The molecule has 1 atom stereocenters. The lowest BCUT2D eigenvalue weighted by molar-refractivity contribution is -0.123. The van der Waals surface area contributed by atoms with Gasteiger partial charge in [0.25, 0.3) is 0 Å². The summed E-state index contributed by atoms with van der Waals surface area (Å²) in [4.78, 5) is 10.2. The van der Waals surface area contributed by atoms with Crippen LogP contribution >= 0.6 is 0 Å². The average Bonchev–Trinajstić information content (AvgIpc) is 2.39. The number of hydrogen-bond acceptors (Lipinski definition) is 3. The molecule has 2 N–H and O–H groups in total. The number of amides is 1. The van der Waals surface area contributed by atoms with Crippen LogP contribution in [0.2, 0.25) is 0 Å². The molecule has 0 saturated carbocycles. The maximum absolute atomic E-state index is 10.2. The van der Waals surface area contributed by atoms with Crippen molar-refractivity contribution in [3.05, 3.63) is 0 Å². The molecule has 0 spiro atoms. The van der Waals surface area contributed by atoms with Gasteiger partial charge in [0, 0.05) is 6.61 Å². The topological polar surface area (TPSA) is 61.6 Å². The van der Waals surface area contributed by atoms with Crippen molar-refractivity contribution in [1.82, 2.24) is 0 Å². The second-order valence-corrected chi connectivity index (χ2v) is 2.62. The van der Waals surface area contributed by atoms with Gasteiger partial charge in [-0.15, -0.1) is 0 Å². The summed E-state index contributed by atoms with van der Waals surface area (Å²) in [6, 6.07) is 0. The Morgan fingerprint density at radius 2 is 2.55 bits per heavy atom. The molecular weight excluding hydrogens is 146 g/mol. The minimum absolute atomic E-state index is 0.000139. The summed E-state index contributed by atoms with van der Waals surface area (Å²) in [5.41, 5.74) is 4.87. The third-order valence-corrected chi connectivity index (χ3v) is 1.57. The largest absolute Gasteiger partial charge is 0.376 e. The minimum Gasteiger partial charge on any atom is -0.376 e. The molecule has 1 fully saturated rings. The first-order valence-electron chi connectivity index (χ1n) is 3.76. The molecule has 4 heteroatoms. The van der Waals surface area contributed by atoms with Crippen molar-refractivity contribution < 1.29 is 14.3 Å². The summed E-state index contributed by atoms with van der Waals surface area (Å²) in [6.45, 7) is 1.30. The van der Waals surface area contributed by atoms with Crippen molar-refractivity contribution in [2.24, 2.45) is 5.73 Å². The minimum atomic E-state index is -0.428. The molecule has 0 aromatic heterocycles. The molecule has 0 radical (unpaired) electrons. The fourth-order valence-electron chi connectivity index (χ4n) is 1.07. The van der Waals surface area contributed by atoms with Gasteiger partial charge in [-0.3, -0.25) is 4.79 Å². The molecule has 1 saturated heterocycles. The molecule has 1 aliphatic rings. The predicted octanol–water partition coefficient (Wildman–Crippen LogP) is -0.333. The van der Waals surface area contributed by atoms with Crippen LogP contribution in [0.5, 0.6) is 0 Å². The highest BCUT2D eigenvalue weighted by Gasteiger charge is 2.15. The Balaban J connectivity index is 1.98. The number of nitrogens with two attached hydrogens (primary N) is 1. The van der Waals surface area contributed by atoms with Crippen molar-refractivity contribution in [2.75, 3.05) is 19.8 Å². The fraction of sp³-hybridized carbons (Fsp3) is 0.857.